The Balaban J connectivity index is 2.00. The summed E-state index contributed by atoms with van der Waals surface area (Å²) in [4.78, 5) is 50.9. The van der Waals surface area contributed by atoms with E-state index in [2.05, 4.69) is 6.58 Å². The van der Waals surface area contributed by atoms with E-state index in [0.717, 1.165) is 0 Å². The molecule has 10 atom stereocenters. The first-order valence-corrected chi connectivity index (χ1v) is 14.0. The molecule has 0 aromatic rings. The topological polar surface area (TPSA) is 138 Å². The Bertz CT molecular complexity index is 1050. The summed E-state index contributed by atoms with van der Waals surface area (Å²) in [7, 11) is 0. The zero-order chi connectivity index (χ0) is 29.1. The van der Waals surface area contributed by atoms with Crippen molar-refractivity contribution in [2.45, 2.75) is 108 Å². The van der Waals surface area contributed by atoms with Crippen molar-refractivity contribution >= 4 is 35.5 Å². The molecule has 2 aliphatic carbocycles. The van der Waals surface area contributed by atoms with Crippen LogP contribution in [-0.4, -0.2) is 76.6 Å². The summed E-state index contributed by atoms with van der Waals surface area (Å²) in [6.07, 6.45) is -2.98. The fourth-order valence-electron chi connectivity index (χ4n) is 6.93. The molecule has 39 heavy (non-hydrogen) atoms. The molecule has 0 aromatic heterocycles. The van der Waals surface area contributed by atoms with E-state index in [9.17, 15) is 24.3 Å². The van der Waals surface area contributed by atoms with Crippen LogP contribution in [0.15, 0.2) is 12.2 Å². The van der Waals surface area contributed by atoms with Crippen molar-refractivity contribution in [2.24, 2.45) is 23.2 Å². The number of halogens is 1. The van der Waals surface area contributed by atoms with Crippen LogP contribution in [-0.2, 0) is 42.9 Å². The van der Waals surface area contributed by atoms with Crippen LogP contribution in [0.5, 0.6) is 0 Å². The zero-order valence-electron chi connectivity index (χ0n) is 23.4. The summed E-state index contributed by atoms with van der Waals surface area (Å²) in [5, 5.41) is 11.5. The summed E-state index contributed by atoms with van der Waals surface area (Å²) in [6, 6.07) is 0. The predicted molar refractivity (Wildman–Crippen MR) is 137 cm³/mol. The highest BCUT2D eigenvalue weighted by Gasteiger charge is 2.75. The molecule has 2 saturated carbocycles. The fraction of sp³-hybridized carbons (Fsp3) is 0.786. The van der Waals surface area contributed by atoms with Gasteiger partial charge < -0.3 is 28.8 Å². The maximum Gasteiger partial charge on any atom is 0.312 e. The lowest BCUT2D eigenvalue weighted by molar-refractivity contribution is -0.245. The van der Waals surface area contributed by atoms with E-state index in [1.807, 2.05) is 6.92 Å². The smallest absolute Gasteiger partial charge is 0.312 e. The molecule has 1 N–H and O–H groups in total. The minimum atomic E-state index is -2.09. The second-order valence-electron chi connectivity index (χ2n) is 12.0. The summed E-state index contributed by atoms with van der Waals surface area (Å²) >= 11 is 6.81. The molecule has 4 fully saturated rings. The molecule has 4 aliphatic rings. The molecule has 1 spiro atoms. The Morgan fingerprint density at radius 2 is 1.69 bits per heavy atom. The van der Waals surface area contributed by atoms with Gasteiger partial charge in [0, 0.05) is 19.8 Å². The Labute approximate surface area is 233 Å². The first-order valence-electron chi connectivity index (χ1n) is 13.5. The molecule has 0 aromatic carbocycles. The average molecular weight is 571 g/mol. The summed E-state index contributed by atoms with van der Waals surface area (Å²) in [6.45, 7) is 13.6. The SMILES string of the molecule is C=C1CC[C@H](OC(=O)C(C)C)[C@@]2(C)[C@@H](OC(C)=O)CC[C@@]3(CO3)[C@@H]2[C@H](OC(C)=O)[C@]2(O)[C@@H](C)C(=O)O[C@H]2[C@H]1Cl. The van der Waals surface area contributed by atoms with Gasteiger partial charge in [-0.2, -0.15) is 0 Å². The van der Waals surface area contributed by atoms with Gasteiger partial charge in [0.25, 0.3) is 0 Å². The van der Waals surface area contributed by atoms with Crippen LogP contribution in [0.4, 0.5) is 0 Å². The van der Waals surface area contributed by atoms with Gasteiger partial charge in [-0.3, -0.25) is 19.2 Å². The molecule has 0 unspecified atom stereocenters. The van der Waals surface area contributed by atoms with Crippen LogP contribution in [0.1, 0.15) is 67.2 Å². The highest BCUT2D eigenvalue weighted by atomic mass is 35.5. The van der Waals surface area contributed by atoms with Crippen molar-refractivity contribution in [1.82, 2.24) is 0 Å². The van der Waals surface area contributed by atoms with E-state index in [0.29, 0.717) is 18.4 Å². The summed E-state index contributed by atoms with van der Waals surface area (Å²) in [5.74, 6) is -4.84. The predicted octanol–water partition coefficient (Wildman–Crippen LogP) is 2.85. The largest absolute Gasteiger partial charge is 0.462 e. The Morgan fingerprint density at radius 1 is 1.10 bits per heavy atom. The third-order valence-electron chi connectivity index (χ3n) is 9.19. The van der Waals surface area contributed by atoms with Crippen LogP contribution in [0.2, 0.25) is 0 Å². The highest BCUT2D eigenvalue weighted by Crippen LogP contribution is 2.62. The molecular formula is C28H39ClO10. The van der Waals surface area contributed by atoms with Gasteiger partial charge in [0.05, 0.1) is 34.8 Å². The summed E-state index contributed by atoms with van der Waals surface area (Å²) < 4.78 is 29.6. The Kier molecular flexibility index (Phi) is 7.90. The van der Waals surface area contributed by atoms with Crippen molar-refractivity contribution in [3.8, 4) is 0 Å². The third kappa shape index (κ3) is 4.86. The van der Waals surface area contributed by atoms with E-state index >= 15 is 0 Å². The Morgan fingerprint density at radius 3 is 2.23 bits per heavy atom. The van der Waals surface area contributed by atoms with Crippen molar-refractivity contribution in [2.75, 3.05) is 6.61 Å². The number of hydrogen-bond donors (Lipinski definition) is 1. The number of ether oxygens (including phenoxy) is 5. The van der Waals surface area contributed by atoms with Crippen LogP contribution >= 0.6 is 11.6 Å². The van der Waals surface area contributed by atoms with Gasteiger partial charge in [-0.05, 0) is 32.6 Å². The molecule has 2 saturated heterocycles. The number of carbonyl (C=O) groups is 4. The van der Waals surface area contributed by atoms with Crippen LogP contribution in [0, 0.1) is 23.2 Å². The molecular weight excluding hydrogens is 532 g/mol. The van der Waals surface area contributed by atoms with Crippen molar-refractivity contribution in [3.05, 3.63) is 12.2 Å². The van der Waals surface area contributed by atoms with Crippen molar-refractivity contribution < 1.29 is 48.0 Å². The quantitative estimate of drug-likeness (QED) is 0.176. The minimum Gasteiger partial charge on any atom is -0.462 e. The van der Waals surface area contributed by atoms with E-state index in [4.69, 9.17) is 35.3 Å². The van der Waals surface area contributed by atoms with Crippen LogP contribution in [0.3, 0.4) is 0 Å². The van der Waals surface area contributed by atoms with E-state index in [1.54, 1.807) is 13.8 Å². The minimum absolute atomic E-state index is 0.253. The van der Waals surface area contributed by atoms with Gasteiger partial charge in [-0.1, -0.05) is 32.9 Å². The van der Waals surface area contributed by atoms with Crippen molar-refractivity contribution in [3.63, 3.8) is 0 Å². The molecule has 4 rings (SSSR count). The van der Waals surface area contributed by atoms with Crippen LogP contribution < -0.4 is 0 Å². The molecule has 0 amide bonds. The first-order chi connectivity index (χ1) is 18.1. The van der Waals surface area contributed by atoms with Gasteiger partial charge in [0.2, 0.25) is 0 Å². The van der Waals surface area contributed by atoms with E-state index in [1.165, 1.54) is 20.8 Å². The standard InChI is InChI=1S/C28H39ClO10/c1-13(2)24(32)38-18-9-8-14(3)20(29)22-28(34,15(4)25(33)39-22)23(37-17(6)31)21-26(18,7)19(36-16(5)30)10-11-27(21)12-35-27/h13,15,18-23,34H,3,8-12H2,1-2,4-7H3/t15-,18-,19-,20-,21+,22-,23-,26-,27+,28-/m0/s1. The van der Waals surface area contributed by atoms with Gasteiger partial charge >= 0.3 is 23.9 Å². The number of rotatable bonds is 4. The number of esters is 4. The molecule has 10 nitrogen and oxygen atoms in total. The van der Waals surface area contributed by atoms with Crippen molar-refractivity contribution in [1.29, 1.82) is 0 Å². The lowest BCUT2D eigenvalue weighted by atomic mass is 9.52. The number of carbonyl (C=O) groups excluding carboxylic acids is 4. The molecule has 218 valence electrons. The normalized spacial score (nSPS) is 43.7. The second-order valence-corrected chi connectivity index (χ2v) is 12.5. The zero-order valence-corrected chi connectivity index (χ0v) is 24.1. The van der Waals surface area contributed by atoms with E-state index < -0.39 is 88.0 Å². The molecule has 0 radical (unpaired) electrons. The fourth-order valence-corrected chi connectivity index (χ4v) is 7.29. The number of aliphatic hydroxyl groups is 1. The second kappa shape index (κ2) is 10.3. The highest BCUT2D eigenvalue weighted by molar-refractivity contribution is 6.23. The average Bonchev–Trinajstić information content (AvgIpc) is 3.58. The number of alkyl halides is 1. The molecule has 2 aliphatic heterocycles. The number of fused-ring (bicyclic) bond motifs is 3. The first kappa shape index (κ1) is 29.8. The maximum absolute atomic E-state index is 13.0. The third-order valence-corrected chi connectivity index (χ3v) is 9.73. The molecule has 2 heterocycles. The van der Waals surface area contributed by atoms with Gasteiger partial charge in [-0.25, -0.2) is 0 Å². The Hall–Kier alpha value is -2.17. The summed E-state index contributed by atoms with van der Waals surface area (Å²) in [5.41, 5.74) is -3.74. The number of hydrogen-bond acceptors (Lipinski definition) is 10. The lowest BCUT2D eigenvalue weighted by Crippen LogP contribution is -2.70. The number of epoxide rings is 1. The maximum atomic E-state index is 13.0. The van der Waals surface area contributed by atoms with Gasteiger partial charge in [0.15, 0.2) is 11.7 Å². The lowest BCUT2D eigenvalue weighted by Gasteiger charge is -2.57. The van der Waals surface area contributed by atoms with E-state index in [-0.39, 0.29) is 19.4 Å². The molecule has 11 heteroatoms. The van der Waals surface area contributed by atoms with Gasteiger partial charge in [-0.15, -0.1) is 11.6 Å². The molecule has 0 bridgehead atoms. The van der Waals surface area contributed by atoms with Gasteiger partial charge in [0.1, 0.15) is 18.3 Å². The van der Waals surface area contributed by atoms with Crippen LogP contribution in [0.25, 0.3) is 0 Å². The monoisotopic (exact) mass is 570 g/mol.